The van der Waals surface area contributed by atoms with Gasteiger partial charge in [0.25, 0.3) is 5.91 Å². The lowest BCUT2D eigenvalue weighted by Gasteiger charge is -2.05. The van der Waals surface area contributed by atoms with Crippen LogP contribution in [0.1, 0.15) is 27.9 Å². The minimum absolute atomic E-state index is 0.0422. The fourth-order valence-electron chi connectivity index (χ4n) is 1.67. The van der Waals surface area contributed by atoms with Crippen molar-refractivity contribution < 1.29 is 14.3 Å². The average molecular weight is 338 g/mol. The summed E-state index contributed by atoms with van der Waals surface area (Å²) in [6.45, 7) is 1.92. The zero-order valence-corrected chi connectivity index (χ0v) is 12.3. The number of amides is 1. The van der Waals surface area contributed by atoms with Gasteiger partial charge in [0.2, 0.25) is 0 Å². The number of primary amides is 1. The van der Waals surface area contributed by atoms with E-state index in [4.69, 9.17) is 10.5 Å². The lowest BCUT2D eigenvalue weighted by Crippen LogP contribution is -2.16. The van der Waals surface area contributed by atoms with Gasteiger partial charge in [-0.3, -0.25) is 4.79 Å². The molecule has 0 saturated carbocycles. The number of nitrogens with two attached hydrogens (primary N) is 1. The van der Waals surface area contributed by atoms with Crippen LogP contribution in [0, 0.1) is 0 Å². The van der Waals surface area contributed by atoms with E-state index in [0.717, 1.165) is 4.47 Å². The standard InChI is InChI=1S/C13H12BrN3O3/c1-2-20-13(19)10-7-11(12(15)18)17(16-10)9-5-3-4-8(14)6-9/h3-7H,2H2,1H3,(H2,15,18). The lowest BCUT2D eigenvalue weighted by molar-refractivity contribution is 0.0519. The highest BCUT2D eigenvalue weighted by molar-refractivity contribution is 9.10. The maximum absolute atomic E-state index is 11.7. The number of rotatable bonds is 4. The fraction of sp³-hybridized carbons (Fsp3) is 0.154. The first kappa shape index (κ1) is 14.3. The highest BCUT2D eigenvalue weighted by atomic mass is 79.9. The van der Waals surface area contributed by atoms with Crippen LogP contribution < -0.4 is 5.73 Å². The Labute approximate surface area is 123 Å². The molecule has 1 aromatic carbocycles. The number of hydrogen-bond acceptors (Lipinski definition) is 4. The van der Waals surface area contributed by atoms with E-state index in [2.05, 4.69) is 21.0 Å². The van der Waals surface area contributed by atoms with Gasteiger partial charge in [0.15, 0.2) is 5.69 Å². The molecule has 0 spiro atoms. The molecule has 0 atom stereocenters. The molecule has 0 bridgehead atoms. The van der Waals surface area contributed by atoms with Crippen LogP contribution in [0.5, 0.6) is 0 Å². The molecule has 6 nitrogen and oxygen atoms in total. The molecule has 2 rings (SSSR count). The maximum Gasteiger partial charge on any atom is 0.358 e. The van der Waals surface area contributed by atoms with Gasteiger partial charge in [0.05, 0.1) is 12.3 Å². The second-order valence-electron chi connectivity index (χ2n) is 3.89. The number of nitrogens with zero attached hydrogens (tertiary/aromatic N) is 2. The number of aromatic nitrogens is 2. The summed E-state index contributed by atoms with van der Waals surface area (Å²) in [6.07, 6.45) is 0. The van der Waals surface area contributed by atoms with E-state index in [-0.39, 0.29) is 18.0 Å². The molecule has 0 aliphatic heterocycles. The van der Waals surface area contributed by atoms with Gasteiger partial charge in [-0.05, 0) is 25.1 Å². The number of carbonyl (C=O) groups is 2. The van der Waals surface area contributed by atoms with Crippen molar-refractivity contribution in [1.29, 1.82) is 0 Å². The van der Waals surface area contributed by atoms with Gasteiger partial charge < -0.3 is 10.5 Å². The Balaban J connectivity index is 2.51. The highest BCUT2D eigenvalue weighted by Gasteiger charge is 2.19. The highest BCUT2D eigenvalue weighted by Crippen LogP contribution is 2.18. The van der Waals surface area contributed by atoms with Gasteiger partial charge in [0.1, 0.15) is 5.69 Å². The third kappa shape index (κ3) is 2.88. The molecule has 1 amide bonds. The predicted molar refractivity (Wildman–Crippen MR) is 75.7 cm³/mol. The van der Waals surface area contributed by atoms with Crippen LogP contribution in [0.25, 0.3) is 5.69 Å². The first-order valence-corrected chi connectivity index (χ1v) is 6.65. The Hall–Kier alpha value is -2.15. The third-order valence-electron chi connectivity index (χ3n) is 2.50. The van der Waals surface area contributed by atoms with Crippen LogP contribution in [0.15, 0.2) is 34.8 Å². The van der Waals surface area contributed by atoms with Crippen molar-refractivity contribution in [1.82, 2.24) is 9.78 Å². The summed E-state index contributed by atoms with van der Waals surface area (Å²) in [7, 11) is 0. The van der Waals surface area contributed by atoms with Crippen molar-refractivity contribution in [3.05, 3.63) is 46.2 Å². The predicted octanol–water partition coefficient (Wildman–Crippen LogP) is 1.91. The van der Waals surface area contributed by atoms with Gasteiger partial charge >= 0.3 is 5.97 Å². The Morgan fingerprint density at radius 2 is 2.15 bits per heavy atom. The second kappa shape index (κ2) is 5.87. The molecule has 20 heavy (non-hydrogen) atoms. The van der Waals surface area contributed by atoms with E-state index < -0.39 is 11.9 Å². The number of halogens is 1. The minimum Gasteiger partial charge on any atom is -0.461 e. The first-order valence-electron chi connectivity index (χ1n) is 5.86. The van der Waals surface area contributed by atoms with Crippen LogP contribution in [-0.2, 0) is 4.74 Å². The summed E-state index contributed by atoms with van der Waals surface area (Å²) in [5.41, 5.74) is 6.09. The number of ether oxygens (including phenoxy) is 1. The van der Waals surface area contributed by atoms with E-state index in [9.17, 15) is 9.59 Å². The molecule has 2 N–H and O–H groups in total. The molecule has 0 radical (unpaired) electrons. The number of esters is 1. The Bertz CT molecular complexity index is 667. The second-order valence-corrected chi connectivity index (χ2v) is 4.81. The minimum atomic E-state index is -0.673. The first-order chi connectivity index (χ1) is 9.52. The van der Waals surface area contributed by atoms with E-state index in [0.29, 0.717) is 5.69 Å². The molecule has 2 aromatic rings. The monoisotopic (exact) mass is 337 g/mol. The molecule has 0 aliphatic rings. The largest absolute Gasteiger partial charge is 0.461 e. The van der Waals surface area contributed by atoms with Gasteiger partial charge in [0, 0.05) is 10.5 Å². The van der Waals surface area contributed by atoms with E-state index in [1.54, 1.807) is 25.1 Å². The molecule has 0 fully saturated rings. The molecule has 0 saturated heterocycles. The normalized spacial score (nSPS) is 10.3. The molecule has 104 valence electrons. The van der Waals surface area contributed by atoms with Gasteiger partial charge in [-0.2, -0.15) is 5.10 Å². The quantitative estimate of drug-likeness (QED) is 0.863. The van der Waals surface area contributed by atoms with Gasteiger partial charge in [-0.15, -0.1) is 0 Å². The van der Waals surface area contributed by atoms with E-state index >= 15 is 0 Å². The molecule has 0 aliphatic carbocycles. The van der Waals surface area contributed by atoms with Crippen LogP contribution in [0.2, 0.25) is 0 Å². The molecule has 1 heterocycles. The summed E-state index contributed by atoms with van der Waals surface area (Å²) in [4.78, 5) is 23.1. The molecular weight excluding hydrogens is 326 g/mol. The molecular formula is C13H12BrN3O3. The summed E-state index contributed by atoms with van der Waals surface area (Å²) in [5.74, 6) is -1.27. The molecule has 7 heteroatoms. The SMILES string of the molecule is CCOC(=O)c1cc(C(N)=O)n(-c2cccc(Br)c2)n1. The topological polar surface area (TPSA) is 87.2 Å². The van der Waals surface area contributed by atoms with Crippen LogP contribution in [0.3, 0.4) is 0 Å². The maximum atomic E-state index is 11.7. The zero-order valence-electron chi connectivity index (χ0n) is 10.7. The third-order valence-corrected chi connectivity index (χ3v) is 2.99. The Morgan fingerprint density at radius 1 is 1.40 bits per heavy atom. The van der Waals surface area contributed by atoms with E-state index in [1.165, 1.54) is 10.7 Å². The van der Waals surface area contributed by atoms with Crippen molar-refractivity contribution in [2.24, 2.45) is 5.73 Å². The van der Waals surface area contributed by atoms with Crippen LogP contribution in [-0.4, -0.2) is 28.3 Å². The Morgan fingerprint density at radius 3 is 2.75 bits per heavy atom. The van der Waals surface area contributed by atoms with Gasteiger partial charge in [-0.1, -0.05) is 22.0 Å². The van der Waals surface area contributed by atoms with Gasteiger partial charge in [-0.25, -0.2) is 9.48 Å². The van der Waals surface area contributed by atoms with Crippen molar-refractivity contribution in [2.45, 2.75) is 6.92 Å². The summed E-state index contributed by atoms with van der Waals surface area (Å²) in [5, 5.41) is 4.08. The average Bonchev–Trinajstić information content (AvgIpc) is 2.84. The number of carbonyl (C=O) groups excluding carboxylic acids is 2. The number of benzene rings is 1. The van der Waals surface area contributed by atoms with Crippen molar-refractivity contribution in [3.8, 4) is 5.69 Å². The van der Waals surface area contributed by atoms with Crippen molar-refractivity contribution in [2.75, 3.05) is 6.61 Å². The Kier molecular flexibility index (Phi) is 4.19. The zero-order chi connectivity index (χ0) is 14.7. The van der Waals surface area contributed by atoms with Crippen LogP contribution >= 0.6 is 15.9 Å². The molecule has 1 aromatic heterocycles. The van der Waals surface area contributed by atoms with Crippen LogP contribution in [0.4, 0.5) is 0 Å². The summed E-state index contributed by atoms with van der Waals surface area (Å²) < 4.78 is 7.00. The summed E-state index contributed by atoms with van der Waals surface area (Å²) in [6, 6.07) is 8.45. The number of hydrogen-bond donors (Lipinski definition) is 1. The molecule has 0 unspecified atom stereocenters. The summed E-state index contributed by atoms with van der Waals surface area (Å²) >= 11 is 3.33. The smallest absolute Gasteiger partial charge is 0.358 e. The van der Waals surface area contributed by atoms with E-state index in [1.807, 2.05) is 6.07 Å². The lowest BCUT2D eigenvalue weighted by atomic mass is 10.3. The fourth-order valence-corrected chi connectivity index (χ4v) is 2.05. The van der Waals surface area contributed by atoms with Crippen molar-refractivity contribution in [3.63, 3.8) is 0 Å². The van der Waals surface area contributed by atoms with Crippen molar-refractivity contribution >= 4 is 27.8 Å².